The Bertz CT molecular complexity index is 1400. The van der Waals surface area contributed by atoms with Gasteiger partial charge in [0.25, 0.3) is 5.91 Å². The molecule has 0 N–H and O–H groups in total. The van der Waals surface area contributed by atoms with Gasteiger partial charge in [-0.2, -0.15) is 0 Å². The van der Waals surface area contributed by atoms with E-state index in [-0.39, 0.29) is 23.6 Å². The standard InChI is InChI=1S/C26H22N2O5/c1-3-32-20-11-10-17(13-21(20)31-2)23-22-24(29)18-8-4-5-9-19(18)33-25(22)26(30)28(23)15-16-7-6-12-27-14-16/h4-14,23H,3,15H2,1-2H3. The van der Waals surface area contributed by atoms with E-state index in [1.54, 1.807) is 54.7 Å². The predicted molar refractivity (Wildman–Crippen MR) is 123 cm³/mol. The van der Waals surface area contributed by atoms with Crippen LogP contribution in [0.15, 0.2) is 76.2 Å². The van der Waals surface area contributed by atoms with Gasteiger partial charge in [0.2, 0.25) is 5.76 Å². The molecule has 0 fully saturated rings. The normalized spacial score (nSPS) is 15.0. The molecule has 0 saturated carbocycles. The monoisotopic (exact) mass is 442 g/mol. The Hall–Kier alpha value is -4.13. The molecule has 3 heterocycles. The first-order chi connectivity index (χ1) is 16.1. The van der Waals surface area contributed by atoms with Crippen molar-refractivity contribution in [2.45, 2.75) is 19.5 Å². The van der Waals surface area contributed by atoms with Gasteiger partial charge in [0.1, 0.15) is 5.58 Å². The largest absolute Gasteiger partial charge is 0.493 e. The van der Waals surface area contributed by atoms with Crippen LogP contribution >= 0.6 is 0 Å². The van der Waals surface area contributed by atoms with Crippen LogP contribution in [0.1, 0.15) is 40.2 Å². The molecular weight excluding hydrogens is 420 g/mol. The lowest BCUT2D eigenvalue weighted by Gasteiger charge is -2.25. The molecule has 1 unspecified atom stereocenters. The zero-order valence-electron chi connectivity index (χ0n) is 18.3. The molecule has 1 amide bonds. The average molecular weight is 442 g/mol. The molecule has 5 rings (SSSR count). The van der Waals surface area contributed by atoms with E-state index >= 15 is 0 Å². The van der Waals surface area contributed by atoms with Gasteiger partial charge in [-0.3, -0.25) is 14.6 Å². The van der Waals surface area contributed by atoms with E-state index in [1.165, 1.54) is 0 Å². The van der Waals surface area contributed by atoms with E-state index in [0.29, 0.717) is 34.6 Å². The molecular formula is C26H22N2O5. The van der Waals surface area contributed by atoms with Gasteiger partial charge in [-0.25, -0.2) is 0 Å². The number of ether oxygens (including phenoxy) is 2. The van der Waals surface area contributed by atoms with Crippen molar-refractivity contribution in [2.75, 3.05) is 13.7 Å². The summed E-state index contributed by atoms with van der Waals surface area (Å²) >= 11 is 0. The van der Waals surface area contributed by atoms with Crippen LogP contribution in [-0.2, 0) is 6.54 Å². The topological polar surface area (TPSA) is 81.9 Å². The predicted octanol–water partition coefficient (Wildman–Crippen LogP) is 4.34. The number of methoxy groups -OCH3 is 1. The highest BCUT2D eigenvalue weighted by Crippen LogP contribution is 2.41. The Labute approximate surface area is 190 Å². The van der Waals surface area contributed by atoms with Crippen LogP contribution < -0.4 is 14.9 Å². The molecule has 1 aliphatic heterocycles. The molecule has 7 heteroatoms. The summed E-state index contributed by atoms with van der Waals surface area (Å²) in [7, 11) is 1.56. The number of carbonyl (C=O) groups excluding carboxylic acids is 1. The summed E-state index contributed by atoms with van der Waals surface area (Å²) in [6.07, 6.45) is 3.38. The van der Waals surface area contributed by atoms with Crippen LogP contribution in [0.5, 0.6) is 11.5 Å². The number of para-hydroxylation sites is 1. The number of hydrogen-bond acceptors (Lipinski definition) is 6. The molecule has 2 aromatic heterocycles. The number of carbonyl (C=O) groups is 1. The Morgan fingerprint density at radius 2 is 1.91 bits per heavy atom. The summed E-state index contributed by atoms with van der Waals surface area (Å²) in [4.78, 5) is 32.9. The van der Waals surface area contributed by atoms with Gasteiger partial charge in [-0.15, -0.1) is 0 Å². The number of hydrogen-bond donors (Lipinski definition) is 0. The lowest BCUT2D eigenvalue weighted by Crippen LogP contribution is -2.29. The minimum absolute atomic E-state index is 0.0699. The second kappa shape index (κ2) is 8.43. The summed E-state index contributed by atoms with van der Waals surface area (Å²) in [5.41, 5.74) is 2.08. The van der Waals surface area contributed by atoms with Gasteiger partial charge in [0.05, 0.1) is 30.7 Å². The van der Waals surface area contributed by atoms with E-state index in [9.17, 15) is 9.59 Å². The summed E-state index contributed by atoms with van der Waals surface area (Å²) in [5, 5.41) is 0.440. The van der Waals surface area contributed by atoms with Crippen molar-refractivity contribution in [3.05, 3.63) is 99.7 Å². The number of fused-ring (bicyclic) bond motifs is 2. The van der Waals surface area contributed by atoms with Gasteiger partial charge in [-0.05, 0) is 48.4 Å². The maximum atomic E-state index is 13.6. The molecule has 166 valence electrons. The number of benzene rings is 2. The third-order valence-corrected chi connectivity index (χ3v) is 5.75. The average Bonchev–Trinajstić information content (AvgIpc) is 3.12. The lowest BCUT2D eigenvalue weighted by atomic mass is 9.98. The second-order valence-electron chi connectivity index (χ2n) is 7.71. The smallest absolute Gasteiger partial charge is 0.291 e. The third kappa shape index (κ3) is 3.51. The first kappa shape index (κ1) is 20.8. The van der Waals surface area contributed by atoms with Crippen molar-refractivity contribution in [1.82, 2.24) is 9.88 Å². The Kier molecular flexibility index (Phi) is 5.30. The minimum Gasteiger partial charge on any atom is -0.493 e. The van der Waals surface area contributed by atoms with Crippen LogP contribution in [0.2, 0.25) is 0 Å². The van der Waals surface area contributed by atoms with Gasteiger partial charge in [-0.1, -0.05) is 24.3 Å². The molecule has 4 aromatic rings. The van der Waals surface area contributed by atoms with Gasteiger partial charge < -0.3 is 18.8 Å². The molecule has 0 saturated heterocycles. The number of aromatic nitrogens is 1. The van der Waals surface area contributed by atoms with E-state index < -0.39 is 6.04 Å². The quantitative estimate of drug-likeness (QED) is 0.442. The fraction of sp³-hybridized carbons (Fsp3) is 0.192. The summed E-state index contributed by atoms with van der Waals surface area (Å²) in [6.45, 7) is 2.65. The lowest BCUT2D eigenvalue weighted by molar-refractivity contribution is 0.0714. The van der Waals surface area contributed by atoms with Crippen LogP contribution in [0.25, 0.3) is 11.0 Å². The Balaban J connectivity index is 1.71. The van der Waals surface area contributed by atoms with E-state index in [1.807, 2.05) is 31.2 Å². The molecule has 0 bridgehead atoms. The molecule has 1 aliphatic rings. The molecule has 2 aromatic carbocycles. The van der Waals surface area contributed by atoms with E-state index in [4.69, 9.17) is 13.9 Å². The Morgan fingerprint density at radius 3 is 2.67 bits per heavy atom. The van der Waals surface area contributed by atoms with Crippen molar-refractivity contribution in [3.8, 4) is 11.5 Å². The molecule has 0 radical (unpaired) electrons. The van der Waals surface area contributed by atoms with Crippen LogP contribution in [-0.4, -0.2) is 29.5 Å². The van der Waals surface area contributed by atoms with Crippen molar-refractivity contribution in [1.29, 1.82) is 0 Å². The fourth-order valence-corrected chi connectivity index (χ4v) is 4.29. The number of nitrogens with zero attached hydrogens (tertiary/aromatic N) is 2. The van der Waals surface area contributed by atoms with Crippen molar-refractivity contribution < 1.29 is 18.7 Å². The van der Waals surface area contributed by atoms with Crippen LogP contribution in [0.3, 0.4) is 0 Å². The number of pyridine rings is 1. The van der Waals surface area contributed by atoms with E-state index in [2.05, 4.69) is 4.98 Å². The van der Waals surface area contributed by atoms with Crippen molar-refractivity contribution in [2.24, 2.45) is 0 Å². The van der Waals surface area contributed by atoms with Crippen molar-refractivity contribution in [3.63, 3.8) is 0 Å². The molecule has 0 aliphatic carbocycles. The highest BCUT2D eigenvalue weighted by Gasteiger charge is 2.43. The second-order valence-corrected chi connectivity index (χ2v) is 7.71. The summed E-state index contributed by atoms with van der Waals surface area (Å²) in [6, 6.07) is 15.5. The number of rotatable bonds is 6. The van der Waals surface area contributed by atoms with Crippen molar-refractivity contribution >= 4 is 16.9 Å². The third-order valence-electron chi connectivity index (χ3n) is 5.75. The number of amides is 1. The molecule has 1 atom stereocenters. The first-order valence-corrected chi connectivity index (χ1v) is 10.7. The zero-order chi connectivity index (χ0) is 22.9. The van der Waals surface area contributed by atoms with Gasteiger partial charge in [0.15, 0.2) is 16.9 Å². The molecule has 0 spiro atoms. The maximum Gasteiger partial charge on any atom is 0.291 e. The Morgan fingerprint density at radius 1 is 1.06 bits per heavy atom. The zero-order valence-corrected chi connectivity index (χ0v) is 18.3. The summed E-state index contributed by atoms with van der Waals surface area (Å²) in [5.74, 6) is 0.856. The maximum absolute atomic E-state index is 13.6. The first-order valence-electron chi connectivity index (χ1n) is 10.7. The van der Waals surface area contributed by atoms with Crippen LogP contribution in [0.4, 0.5) is 0 Å². The molecule has 7 nitrogen and oxygen atoms in total. The highest BCUT2D eigenvalue weighted by atomic mass is 16.5. The SMILES string of the molecule is CCOc1ccc(C2c3c(oc4ccccc4c3=O)C(=O)N2Cc2cccnc2)cc1OC. The minimum atomic E-state index is -0.641. The summed E-state index contributed by atoms with van der Waals surface area (Å²) < 4.78 is 17.1. The van der Waals surface area contributed by atoms with E-state index in [0.717, 1.165) is 11.1 Å². The van der Waals surface area contributed by atoms with Gasteiger partial charge >= 0.3 is 0 Å². The van der Waals surface area contributed by atoms with Crippen LogP contribution in [0, 0.1) is 0 Å². The highest BCUT2D eigenvalue weighted by molar-refractivity contribution is 5.99. The fourth-order valence-electron chi connectivity index (χ4n) is 4.29. The molecule has 33 heavy (non-hydrogen) atoms. The van der Waals surface area contributed by atoms with Gasteiger partial charge in [0, 0.05) is 18.9 Å².